The van der Waals surface area contributed by atoms with E-state index in [1.165, 1.54) is 6.20 Å². The summed E-state index contributed by atoms with van der Waals surface area (Å²) >= 11 is 0. The van der Waals surface area contributed by atoms with Gasteiger partial charge in [-0.1, -0.05) is 36.4 Å². The minimum atomic E-state index is -0.306. The van der Waals surface area contributed by atoms with Crippen LogP contribution in [0, 0.1) is 6.92 Å². The molecule has 2 aromatic heterocycles. The molecule has 4 aromatic rings. The summed E-state index contributed by atoms with van der Waals surface area (Å²) in [7, 11) is 0. The second-order valence-corrected chi connectivity index (χ2v) is 6.04. The van der Waals surface area contributed by atoms with Gasteiger partial charge in [0.1, 0.15) is 5.69 Å². The normalized spacial score (nSPS) is 12.0. The summed E-state index contributed by atoms with van der Waals surface area (Å²) in [5.41, 5.74) is 4.82. The standard InChI is InChI=1S/C20H17N5O/c1-13-10-22-18(11-21-13)20(26)25-19(14-5-3-2-4-6-14)15-7-8-16-17(9-15)24-12-23-16/h2-12,19H,1H3,(H,23,24)(H,25,26)/t19-/m1/s1. The molecule has 0 radical (unpaired) electrons. The van der Waals surface area contributed by atoms with Crippen molar-refractivity contribution < 1.29 is 4.79 Å². The number of nitrogens with zero attached hydrogens (tertiary/aromatic N) is 3. The van der Waals surface area contributed by atoms with Crippen molar-refractivity contribution in [1.29, 1.82) is 0 Å². The molecule has 0 aliphatic heterocycles. The Kier molecular flexibility index (Phi) is 4.15. The van der Waals surface area contributed by atoms with Crippen molar-refractivity contribution in [2.75, 3.05) is 0 Å². The number of imidazole rings is 1. The molecule has 6 nitrogen and oxygen atoms in total. The van der Waals surface area contributed by atoms with Crippen LogP contribution in [0.4, 0.5) is 0 Å². The van der Waals surface area contributed by atoms with Gasteiger partial charge in [0.25, 0.3) is 5.91 Å². The number of rotatable bonds is 4. The molecule has 6 heteroatoms. The van der Waals surface area contributed by atoms with Crippen molar-refractivity contribution in [2.24, 2.45) is 0 Å². The lowest BCUT2D eigenvalue weighted by molar-refractivity contribution is 0.0937. The number of carbonyl (C=O) groups is 1. The topological polar surface area (TPSA) is 83.6 Å². The smallest absolute Gasteiger partial charge is 0.272 e. The second kappa shape index (κ2) is 6.76. The Hall–Kier alpha value is -3.54. The molecule has 0 bridgehead atoms. The molecule has 0 unspecified atom stereocenters. The number of nitrogens with one attached hydrogen (secondary N) is 2. The molecule has 128 valence electrons. The number of hydrogen-bond donors (Lipinski definition) is 2. The summed E-state index contributed by atoms with van der Waals surface area (Å²) < 4.78 is 0. The van der Waals surface area contributed by atoms with Crippen molar-refractivity contribution in [2.45, 2.75) is 13.0 Å². The highest BCUT2D eigenvalue weighted by Gasteiger charge is 2.19. The quantitative estimate of drug-likeness (QED) is 0.596. The third kappa shape index (κ3) is 3.17. The number of fused-ring (bicyclic) bond motifs is 1. The first kappa shape index (κ1) is 16.0. The predicted octanol–water partition coefficient (Wildman–Crippen LogP) is 3.18. The van der Waals surface area contributed by atoms with Gasteiger partial charge in [0.2, 0.25) is 0 Å². The third-order valence-electron chi connectivity index (χ3n) is 4.20. The van der Waals surface area contributed by atoms with Gasteiger partial charge in [-0.05, 0) is 30.2 Å². The van der Waals surface area contributed by atoms with Gasteiger partial charge in [0.05, 0.1) is 35.3 Å². The molecule has 1 atom stereocenters. The fourth-order valence-corrected chi connectivity index (χ4v) is 2.85. The maximum Gasteiger partial charge on any atom is 0.272 e. The number of hydrogen-bond acceptors (Lipinski definition) is 4. The van der Waals surface area contributed by atoms with Crippen LogP contribution >= 0.6 is 0 Å². The third-order valence-corrected chi connectivity index (χ3v) is 4.20. The zero-order valence-electron chi connectivity index (χ0n) is 14.2. The van der Waals surface area contributed by atoms with Gasteiger partial charge in [-0.3, -0.25) is 9.78 Å². The molecule has 2 aromatic carbocycles. The van der Waals surface area contributed by atoms with E-state index in [4.69, 9.17) is 0 Å². The van der Waals surface area contributed by atoms with Crippen molar-refractivity contribution >= 4 is 16.9 Å². The first-order valence-corrected chi connectivity index (χ1v) is 8.28. The lowest BCUT2D eigenvalue weighted by Gasteiger charge is -2.19. The Morgan fingerprint density at radius 3 is 2.62 bits per heavy atom. The molecule has 26 heavy (non-hydrogen) atoms. The molecule has 1 amide bonds. The highest BCUT2D eigenvalue weighted by Crippen LogP contribution is 2.25. The van der Waals surface area contributed by atoms with Gasteiger partial charge < -0.3 is 10.3 Å². The van der Waals surface area contributed by atoms with Gasteiger partial charge in [0.15, 0.2) is 0 Å². The SMILES string of the molecule is Cc1cnc(C(=O)N[C@H](c2ccccc2)c2ccc3nc[nH]c3c2)cn1. The summed E-state index contributed by atoms with van der Waals surface area (Å²) in [6.07, 6.45) is 4.74. The van der Waals surface area contributed by atoms with Gasteiger partial charge >= 0.3 is 0 Å². The fraction of sp³-hybridized carbons (Fsp3) is 0.100. The van der Waals surface area contributed by atoms with Crippen LogP contribution in [-0.2, 0) is 0 Å². The molecule has 0 saturated heterocycles. The van der Waals surface area contributed by atoms with Crippen LogP contribution in [0.5, 0.6) is 0 Å². The van der Waals surface area contributed by atoms with Gasteiger partial charge in [0, 0.05) is 6.20 Å². The number of amides is 1. The zero-order chi connectivity index (χ0) is 17.9. The van der Waals surface area contributed by atoms with E-state index in [1.807, 2.05) is 55.5 Å². The number of aromatic nitrogens is 4. The molecule has 4 rings (SSSR count). The lowest BCUT2D eigenvalue weighted by Crippen LogP contribution is -2.30. The van der Waals surface area contributed by atoms with E-state index in [2.05, 4.69) is 25.3 Å². The summed E-state index contributed by atoms with van der Waals surface area (Å²) in [5.74, 6) is -0.268. The van der Waals surface area contributed by atoms with E-state index in [0.29, 0.717) is 5.69 Å². The molecular formula is C20H17N5O. The highest BCUT2D eigenvalue weighted by molar-refractivity contribution is 5.92. The van der Waals surface area contributed by atoms with E-state index in [-0.39, 0.29) is 11.9 Å². The molecule has 0 saturated carbocycles. The maximum absolute atomic E-state index is 12.7. The van der Waals surface area contributed by atoms with Crippen molar-refractivity contribution in [3.63, 3.8) is 0 Å². The minimum absolute atomic E-state index is 0.268. The molecular weight excluding hydrogens is 326 g/mol. The summed E-state index contributed by atoms with van der Waals surface area (Å²) in [6.45, 7) is 1.83. The molecule has 0 aliphatic carbocycles. The van der Waals surface area contributed by atoms with Crippen LogP contribution < -0.4 is 5.32 Å². The first-order chi connectivity index (χ1) is 12.7. The van der Waals surface area contributed by atoms with Gasteiger partial charge in [-0.25, -0.2) is 9.97 Å². The Morgan fingerprint density at radius 1 is 1.00 bits per heavy atom. The van der Waals surface area contributed by atoms with Crippen LogP contribution in [0.3, 0.4) is 0 Å². The van der Waals surface area contributed by atoms with E-state index in [1.54, 1.807) is 12.5 Å². The van der Waals surface area contributed by atoms with Crippen molar-refractivity contribution in [3.8, 4) is 0 Å². The summed E-state index contributed by atoms with van der Waals surface area (Å²) in [6, 6.07) is 15.4. The van der Waals surface area contributed by atoms with Crippen LogP contribution in [-0.4, -0.2) is 25.8 Å². The van der Waals surface area contributed by atoms with Crippen molar-refractivity contribution in [3.05, 3.63) is 89.8 Å². The number of aromatic amines is 1. The first-order valence-electron chi connectivity index (χ1n) is 8.28. The highest BCUT2D eigenvalue weighted by atomic mass is 16.1. The van der Waals surface area contributed by atoms with Crippen LogP contribution in [0.1, 0.15) is 33.4 Å². The molecule has 2 heterocycles. The van der Waals surface area contributed by atoms with Gasteiger partial charge in [-0.2, -0.15) is 0 Å². The maximum atomic E-state index is 12.7. The second-order valence-electron chi connectivity index (χ2n) is 6.04. The zero-order valence-corrected chi connectivity index (χ0v) is 14.2. The van der Waals surface area contributed by atoms with E-state index in [9.17, 15) is 4.79 Å². The number of H-pyrrole nitrogens is 1. The summed E-state index contributed by atoms with van der Waals surface area (Å²) in [5, 5.41) is 3.07. The van der Waals surface area contributed by atoms with E-state index < -0.39 is 0 Å². The monoisotopic (exact) mass is 343 g/mol. The fourth-order valence-electron chi connectivity index (χ4n) is 2.85. The largest absolute Gasteiger partial charge is 0.345 e. The Labute approximate surface area is 150 Å². The Morgan fingerprint density at radius 2 is 1.85 bits per heavy atom. The van der Waals surface area contributed by atoms with Crippen LogP contribution in [0.15, 0.2) is 67.3 Å². The number of carbonyl (C=O) groups excluding carboxylic acids is 1. The van der Waals surface area contributed by atoms with E-state index >= 15 is 0 Å². The van der Waals surface area contributed by atoms with Crippen molar-refractivity contribution in [1.82, 2.24) is 25.3 Å². The Balaban J connectivity index is 1.71. The Bertz CT molecular complexity index is 1040. The predicted molar refractivity (Wildman–Crippen MR) is 98.6 cm³/mol. The minimum Gasteiger partial charge on any atom is -0.345 e. The average molecular weight is 343 g/mol. The molecule has 0 fully saturated rings. The van der Waals surface area contributed by atoms with Crippen LogP contribution in [0.2, 0.25) is 0 Å². The summed E-state index contributed by atoms with van der Waals surface area (Å²) in [4.78, 5) is 28.4. The molecule has 0 spiro atoms. The van der Waals surface area contributed by atoms with Gasteiger partial charge in [-0.15, -0.1) is 0 Å². The lowest BCUT2D eigenvalue weighted by atomic mass is 9.98. The van der Waals surface area contributed by atoms with E-state index in [0.717, 1.165) is 27.9 Å². The molecule has 0 aliphatic rings. The van der Waals surface area contributed by atoms with Crippen LogP contribution in [0.25, 0.3) is 11.0 Å². The molecule has 2 N–H and O–H groups in total. The number of aryl methyl sites for hydroxylation is 1. The average Bonchev–Trinajstić information content (AvgIpc) is 3.15. The number of benzene rings is 2.